The number of Topliss-reactive ketones (excluding diaryl/α,β-unsaturated/α-hetero) is 1. The Morgan fingerprint density at radius 3 is 2.36 bits per heavy atom. The van der Waals surface area contributed by atoms with Crippen molar-refractivity contribution in [1.82, 2.24) is 0 Å². The van der Waals surface area contributed by atoms with E-state index in [0.29, 0.717) is 17.0 Å². The summed E-state index contributed by atoms with van der Waals surface area (Å²) in [6, 6.07) is 11.7. The van der Waals surface area contributed by atoms with Crippen LogP contribution in [-0.2, 0) is 9.53 Å². The molecule has 2 aromatic carbocycles. The third-order valence-corrected chi connectivity index (χ3v) is 3.54. The molecule has 25 heavy (non-hydrogen) atoms. The van der Waals surface area contributed by atoms with Gasteiger partial charge in [-0.1, -0.05) is 24.3 Å². The van der Waals surface area contributed by atoms with Crippen LogP contribution in [0.3, 0.4) is 0 Å². The maximum absolute atomic E-state index is 12.3. The summed E-state index contributed by atoms with van der Waals surface area (Å²) in [4.78, 5) is 35.9. The molecule has 0 heterocycles. The zero-order valence-corrected chi connectivity index (χ0v) is 14.3. The maximum atomic E-state index is 12.3. The van der Waals surface area contributed by atoms with Gasteiger partial charge in [-0.3, -0.25) is 9.59 Å². The fourth-order valence-corrected chi connectivity index (χ4v) is 2.34. The standard InChI is InChI=1S/C19H19NO5/c1-12-7-6-9-15(18(12)20-13(2)21)19(23)25-11-16(22)14-8-4-5-10-17(14)24-3/h4-10H,11H2,1-3H3,(H,20,21). The Hall–Kier alpha value is -3.15. The minimum absolute atomic E-state index is 0.197. The molecule has 6 heteroatoms. The lowest BCUT2D eigenvalue weighted by atomic mass is 10.1. The number of carbonyl (C=O) groups is 3. The molecule has 2 rings (SSSR count). The highest BCUT2D eigenvalue weighted by atomic mass is 16.5. The van der Waals surface area contributed by atoms with Gasteiger partial charge in [0.15, 0.2) is 6.61 Å². The van der Waals surface area contributed by atoms with Crippen LogP contribution in [-0.4, -0.2) is 31.4 Å². The molecule has 0 aliphatic heterocycles. The smallest absolute Gasteiger partial charge is 0.340 e. The Kier molecular flexibility index (Phi) is 5.89. The van der Waals surface area contributed by atoms with Crippen molar-refractivity contribution in [3.63, 3.8) is 0 Å². The summed E-state index contributed by atoms with van der Waals surface area (Å²) in [5.41, 5.74) is 1.64. The van der Waals surface area contributed by atoms with E-state index in [1.54, 1.807) is 43.3 Å². The van der Waals surface area contributed by atoms with Gasteiger partial charge in [-0.15, -0.1) is 0 Å². The van der Waals surface area contributed by atoms with Crippen molar-refractivity contribution in [1.29, 1.82) is 0 Å². The molecule has 2 aromatic rings. The molecule has 0 spiro atoms. The maximum Gasteiger partial charge on any atom is 0.340 e. The van der Waals surface area contributed by atoms with Gasteiger partial charge in [0.05, 0.1) is 23.9 Å². The van der Waals surface area contributed by atoms with Gasteiger partial charge >= 0.3 is 5.97 Å². The summed E-state index contributed by atoms with van der Waals surface area (Å²) >= 11 is 0. The Balaban J connectivity index is 2.14. The lowest BCUT2D eigenvalue weighted by Crippen LogP contribution is -2.18. The Bertz CT molecular complexity index is 813. The molecule has 0 aliphatic rings. The number of hydrogen-bond donors (Lipinski definition) is 1. The number of ketones is 1. The number of rotatable bonds is 6. The fraction of sp³-hybridized carbons (Fsp3) is 0.211. The number of anilines is 1. The predicted octanol–water partition coefficient (Wildman–Crippen LogP) is 3.00. The average Bonchev–Trinajstić information content (AvgIpc) is 2.60. The zero-order chi connectivity index (χ0) is 18.4. The van der Waals surface area contributed by atoms with E-state index in [-0.39, 0.29) is 17.3 Å². The summed E-state index contributed by atoms with van der Waals surface area (Å²) in [7, 11) is 1.46. The molecule has 1 N–H and O–H groups in total. The van der Waals surface area contributed by atoms with E-state index in [9.17, 15) is 14.4 Å². The van der Waals surface area contributed by atoms with Crippen molar-refractivity contribution in [3.8, 4) is 5.75 Å². The van der Waals surface area contributed by atoms with Gasteiger partial charge in [0.1, 0.15) is 5.75 Å². The first kappa shape index (κ1) is 18.2. The minimum Gasteiger partial charge on any atom is -0.496 e. The van der Waals surface area contributed by atoms with Crippen molar-refractivity contribution in [2.24, 2.45) is 0 Å². The molecule has 0 aliphatic carbocycles. The first-order valence-electron chi connectivity index (χ1n) is 7.64. The predicted molar refractivity (Wildman–Crippen MR) is 93.1 cm³/mol. The third kappa shape index (κ3) is 4.44. The van der Waals surface area contributed by atoms with Crippen LogP contribution in [0.15, 0.2) is 42.5 Å². The number of para-hydroxylation sites is 2. The quantitative estimate of drug-likeness (QED) is 0.645. The SMILES string of the molecule is COc1ccccc1C(=O)COC(=O)c1cccc(C)c1NC(C)=O. The number of esters is 1. The topological polar surface area (TPSA) is 81.7 Å². The largest absolute Gasteiger partial charge is 0.496 e. The molecule has 0 radical (unpaired) electrons. The van der Waals surface area contributed by atoms with Gasteiger partial charge in [-0.05, 0) is 30.7 Å². The van der Waals surface area contributed by atoms with Gasteiger partial charge in [0, 0.05) is 6.92 Å². The zero-order valence-electron chi connectivity index (χ0n) is 14.3. The van der Waals surface area contributed by atoms with Gasteiger partial charge in [0.2, 0.25) is 11.7 Å². The number of carbonyl (C=O) groups excluding carboxylic acids is 3. The Morgan fingerprint density at radius 2 is 1.68 bits per heavy atom. The number of hydrogen-bond acceptors (Lipinski definition) is 5. The molecule has 0 aromatic heterocycles. The number of aryl methyl sites for hydroxylation is 1. The number of methoxy groups -OCH3 is 1. The molecular weight excluding hydrogens is 322 g/mol. The highest BCUT2D eigenvalue weighted by Gasteiger charge is 2.18. The monoisotopic (exact) mass is 341 g/mol. The van der Waals surface area contributed by atoms with Crippen LogP contribution in [0.5, 0.6) is 5.75 Å². The van der Waals surface area contributed by atoms with Crippen molar-refractivity contribution in [2.45, 2.75) is 13.8 Å². The molecule has 6 nitrogen and oxygen atoms in total. The molecule has 130 valence electrons. The normalized spacial score (nSPS) is 10.0. The summed E-state index contributed by atoms with van der Waals surface area (Å²) < 4.78 is 10.3. The first-order chi connectivity index (χ1) is 11.9. The number of nitrogens with one attached hydrogen (secondary N) is 1. The van der Waals surface area contributed by atoms with Crippen molar-refractivity contribution < 1.29 is 23.9 Å². The van der Waals surface area contributed by atoms with E-state index in [4.69, 9.17) is 9.47 Å². The van der Waals surface area contributed by atoms with Gasteiger partial charge in [-0.2, -0.15) is 0 Å². The van der Waals surface area contributed by atoms with Crippen LogP contribution in [0.25, 0.3) is 0 Å². The van der Waals surface area contributed by atoms with Crippen LogP contribution in [0.1, 0.15) is 33.2 Å². The lowest BCUT2D eigenvalue weighted by Gasteiger charge is -2.12. The molecule has 0 saturated carbocycles. The summed E-state index contributed by atoms with van der Waals surface area (Å²) in [6.45, 7) is 2.70. The van der Waals surface area contributed by atoms with Gasteiger partial charge in [-0.25, -0.2) is 4.79 Å². The third-order valence-electron chi connectivity index (χ3n) is 3.54. The van der Waals surface area contributed by atoms with Gasteiger partial charge < -0.3 is 14.8 Å². The summed E-state index contributed by atoms with van der Waals surface area (Å²) in [5, 5.41) is 2.62. The first-order valence-corrected chi connectivity index (χ1v) is 7.64. The molecule has 0 fully saturated rings. The molecule has 0 atom stereocenters. The second-order valence-corrected chi connectivity index (χ2v) is 5.38. The van der Waals surface area contributed by atoms with Gasteiger partial charge in [0.25, 0.3) is 0 Å². The molecular formula is C19H19NO5. The summed E-state index contributed by atoms with van der Waals surface area (Å²) in [5.74, 6) is -0.943. The highest BCUT2D eigenvalue weighted by molar-refractivity contribution is 6.04. The molecule has 0 unspecified atom stereocenters. The number of ether oxygens (including phenoxy) is 2. The highest BCUT2D eigenvalue weighted by Crippen LogP contribution is 2.22. The van der Waals surface area contributed by atoms with Crippen LogP contribution in [0, 0.1) is 6.92 Å². The van der Waals surface area contributed by atoms with Crippen LogP contribution < -0.4 is 10.1 Å². The minimum atomic E-state index is -0.685. The average molecular weight is 341 g/mol. The van der Waals surface area contributed by atoms with Crippen molar-refractivity contribution >= 4 is 23.3 Å². The second kappa shape index (κ2) is 8.10. The number of amides is 1. The Morgan fingerprint density at radius 1 is 1.00 bits per heavy atom. The van der Waals surface area contributed by atoms with Crippen molar-refractivity contribution in [2.75, 3.05) is 19.0 Å². The Labute approximate surface area is 145 Å². The van der Waals surface area contributed by atoms with E-state index >= 15 is 0 Å². The number of benzene rings is 2. The molecule has 0 saturated heterocycles. The van der Waals surface area contributed by atoms with Crippen LogP contribution in [0.4, 0.5) is 5.69 Å². The van der Waals surface area contributed by atoms with Crippen molar-refractivity contribution in [3.05, 3.63) is 59.2 Å². The summed E-state index contributed by atoms with van der Waals surface area (Å²) in [6.07, 6.45) is 0. The second-order valence-electron chi connectivity index (χ2n) is 5.38. The molecule has 0 bridgehead atoms. The lowest BCUT2D eigenvalue weighted by molar-refractivity contribution is -0.114. The fourth-order valence-electron chi connectivity index (χ4n) is 2.34. The van der Waals surface area contributed by atoms with E-state index < -0.39 is 12.6 Å². The van der Waals surface area contributed by atoms with E-state index in [0.717, 1.165) is 5.56 Å². The molecule has 1 amide bonds. The van der Waals surface area contributed by atoms with Crippen LogP contribution in [0.2, 0.25) is 0 Å². The van der Waals surface area contributed by atoms with E-state index in [1.165, 1.54) is 20.1 Å². The van der Waals surface area contributed by atoms with Crippen LogP contribution >= 0.6 is 0 Å². The van der Waals surface area contributed by atoms with E-state index in [2.05, 4.69) is 5.32 Å². The van der Waals surface area contributed by atoms with E-state index in [1.807, 2.05) is 0 Å².